The molecule has 0 fully saturated rings. The standard InChI is InChI=1S/C15H10F2O4/c1-21-15(20)9-4-8(5-11(17)6-9)12-3-2-10(16)7-13(12)14(18)19/h2-7H,1H3,(H,18,19). The molecule has 108 valence electrons. The molecule has 0 saturated carbocycles. The fourth-order valence-electron chi connectivity index (χ4n) is 1.93. The van der Waals surface area contributed by atoms with E-state index in [0.717, 1.165) is 31.4 Å². The lowest BCUT2D eigenvalue weighted by Crippen LogP contribution is -2.04. The zero-order valence-corrected chi connectivity index (χ0v) is 10.9. The second-order valence-electron chi connectivity index (χ2n) is 4.22. The Morgan fingerprint density at radius 3 is 2.38 bits per heavy atom. The Labute approximate surface area is 118 Å². The Morgan fingerprint density at radius 2 is 1.76 bits per heavy atom. The summed E-state index contributed by atoms with van der Waals surface area (Å²) in [5, 5.41) is 9.09. The summed E-state index contributed by atoms with van der Waals surface area (Å²) >= 11 is 0. The number of esters is 1. The smallest absolute Gasteiger partial charge is 0.337 e. The fourth-order valence-corrected chi connectivity index (χ4v) is 1.93. The Balaban J connectivity index is 2.64. The number of benzene rings is 2. The summed E-state index contributed by atoms with van der Waals surface area (Å²) in [5.74, 6) is -3.56. The van der Waals surface area contributed by atoms with Gasteiger partial charge in [-0.15, -0.1) is 0 Å². The zero-order chi connectivity index (χ0) is 15.6. The summed E-state index contributed by atoms with van der Waals surface area (Å²) in [6.07, 6.45) is 0. The molecule has 0 aliphatic carbocycles. The number of carboxylic acid groups (broad SMARTS) is 1. The van der Waals surface area contributed by atoms with Crippen molar-refractivity contribution in [2.45, 2.75) is 0 Å². The van der Waals surface area contributed by atoms with Crippen LogP contribution in [0.3, 0.4) is 0 Å². The molecule has 0 aromatic heterocycles. The molecule has 0 radical (unpaired) electrons. The van der Waals surface area contributed by atoms with Gasteiger partial charge in [0.1, 0.15) is 11.6 Å². The van der Waals surface area contributed by atoms with Crippen LogP contribution in [0.15, 0.2) is 36.4 Å². The highest BCUT2D eigenvalue weighted by atomic mass is 19.1. The first-order chi connectivity index (χ1) is 9.92. The molecule has 0 spiro atoms. The van der Waals surface area contributed by atoms with Gasteiger partial charge in [0, 0.05) is 0 Å². The van der Waals surface area contributed by atoms with Crippen molar-refractivity contribution in [3.05, 3.63) is 59.2 Å². The maximum absolute atomic E-state index is 13.6. The van der Waals surface area contributed by atoms with Gasteiger partial charge in [0.2, 0.25) is 0 Å². The number of ether oxygens (including phenoxy) is 1. The maximum atomic E-state index is 13.6. The van der Waals surface area contributed by atoms with E-state index in [2.05, 4.69) is 4.74 Å². The zero-order valence-electron chi connectivity index (χ0n) is 10.9. The number of hydrogen-bond acceptors (Lipinski definition) is 3. The molecule has 0 aliphatic rings. The molecule has 0 aliphatic heterocycles. The lowest BCUT2D eigenvalue weighted by Gasteiger charge is -2.08. The van der Waals surface area contributed by atoms with Crippen LogP contribution in [0.1, 0.15) is 20.7 Å². The van der Waals surface area contributed by atoms with E-state index in [9.17, 15) is 18.4 Å². The van der Waals surface area contributed by atoms with Crippen LogP contribution in [0.4, 0.5) is 8.78 Å². The van der Waals surface area contributed by atoms with Gasteiger partial charge >= 0.3 is 11.9 Å². The van der Waals surface area contributed by atoms with Gasteiger partial charge < -0.3 is 9.84 Å². The molecule has 2 rings (SSSR count). The van der Waals surface area contributed by atoms with Crippen LogP contribution in [-0.4, -0.2) is 24.2 Å². The minimum absolute atomic E-state index is 0.0619. The van der Waals surface area contributed by atoms with Gasteiger partial charge in [-0.25, -0.2) is 18.4 Å². The third-order valence-corrected chi connectivity index (χ3v) is 2.84. The van der Waals surface area contributed by atoms with Gasteiger partial charge in [0.25, 0.3) is 0 Å². The number of methoxy groups -OCH3 is 1. The lowest BCUT2D eigenvalue weighted by molar-refractivity contribution is 0.0599. The van der Waals surface area contributed by atoms with Gasteiger partial charge in [-0.1, -0.05) is 6.07 Å². The van der Waals surface area contributed by atoms with Gasteiger partial charge in [0.15, 0.2) is 0 Å². The average Bonchev–Trinajstić information content (AvgIpc) is 2.45. The Kier molecular flexibility index (Phi) is 3.98. The molecule has 1 N–H and O–H groups in total. The topological polar surface area (TPSA) is 63.6 Å². The molecule has 2 aromatic rings. The second-order valence-corrected chi connectivity index (χ2v) is 4.22. The molecule has 4 nitrogen and oxygen atoms in total. The van der Waals surface area contributed by atoms with E-state index in [4.69, 9.17) is 5.11 Å². The first-order valence-electron chi connectivity index (χ1n) is 5.84. The number of halogens is 2. The van der Waals surface area contributed by atoms with Crippen molar-refractivity contribution in [2.75, 3.05) is 7.11 Å². The van der Waals surface area contributed by atoms with Crippen molar-refractivity contribution >= 4 is 11.9 Å². The summed E-state index contributed by atoms with van der Waals surface area (Å²) in [7, 11) is 1.15. The minimum atomic E-state index is -1.35. The van der Waals surface area contributed by atoms with E-state index in [1.165, 1.54) is 12.1 Å². The summed E-state index contributed by atoms with van der Waals surface area (Å²) in [6.45, 7) is 0. The highest BCUT2D eigenvalue weighted by Crippen LogP contribution is 2.27. The number of carboxylic acids is 1. The minimum Gasteiger partial charge on any atom is -0.478 e. The number of carbonyl (C=O) groups excluding carboxylic acids is 1. The quantitative estimate of drug-likeness (QED) is 0.883. The number of rotatable bonds is 3. The van der Waals surface area contributed by atoms with Gasteiger partial charge in [0.05, 0.1) is 18.2 Å². The van der Waals surface area contributed by atoms with Crippen LogP contribution in [0.5, 0.6) is 0 Å². The monoisotopic (exact) mass is 292 g/mol. The van der Waals surface area contributed by atoms with Crippen LogP contribution in [-0.2, 0) is 4.74 Å². The van der Waals surface area contributed by atoms with Crippen molar-refractivity contribution < 1.29 is 28.2 Å². The highest BCUT2D eigenvalue weighted by Gasteiger charge is 2.16. The molecule has 0 saturated heterocycles. The molecular formula is C15H10F2O4. The molecule has 0 unspecified atom stereocenters. The third-order valence-electron chi connectivity index (χ3n) is 2.84. The second kappa shape index (κ2) is 5.70. The Morgan fingerprint density at radius 1 is 1.05 bits per heavy atom. The van der Waals surface area contributed by atoms with Crippen molar-refractivity contribution in [2.24, 2.45) is 0 Å². The van der Waals surface area contributed by atoms with E-state index in [1.54, 1.807) is 0 Å². The highest BCUT2D eigenvalue weighted by molar-refractivity contribution is 5.97. The Hall–Kier alpha value is -2.76. The van der Waals surface area contributed by atoms with Gasteiger partial charge in [-0.05, 0) is 41.5 Å². The predicted molar refractivity (Wildman–Crippen MR) is 70.1 cm³/mol. The molecule has 21 heavy (non-hydrogen) atoms. The molecule has 6 heteroatoms. The van der Waals surface area contributed by atoms with Crippen LogP contribution in [0, 0.1) is 11.6 Å². The molecule has 0 atom stereocenters. The van der Waals surface area contributed by atoms with Crippen molar-refractivity contribution in [3.63, 3.8) is 0 Å². The van der Waals surface area contributed by atoms with Crippen molar-refractivity contribution in [1.29, 1.82) is 0 Å². The molecule has 2 aromatic carbocycles. The van der Waals surface area contributed by atoms with Crippen molar-refractivity contribution in [3.8, 4) is 11.1 Å². The maximum Gasteiger partial charge on any atom is 0.337 e. The van der Waals surface area contributed by atoms with Crippen LogP contribution >= 0.6 is 0 Å². The summed E-state index contributed by atoms with van der Waals surface area (Å²) in [4.78, 5) is 22.6. The largest absolute Gasteiger partial charge is 0.478 e. The third kappa shape index (κ3) is 3.05. The van der Waals surface area contributed by atoms with E-state index in [0.29, 0.717) is 0 Å². The molecule has 0 heterocycles. The van der Waals surface area contributed by atoms with Crippen molar-refractivity contribution in [1.82, 2.24) is 0 Å². The number of hydrogen-bond donors (Lipinski definition) is 1. The van der Waals surface area contributed by atoms with Crippen LogP contribution in [0.25, 0.3) is 11.1 Å². The number of carbonyl (C=O) groups is 2. The van der Waals surface area contributed by atoms with Gasteiger partial charge in [-0.3, -0.25) is 0 Å². The van der Waals surface area contributed by atoms with E-state index < -0.39 is 23.6 Å². The molecular weight excluding hydrogens is 282 g/mol. The summed E-state index contributed by atoms with van der Waals surface area (Å²) < 4.78 is 31.2. The van der Waals surface area contributed by atoms with Gasteiger partial charge in [-0.2, -0.15) is 0 Å². The average molecular weight is 292 g/mol. The van der Waals surface area contributed by atoms with E-state index in [-0.39, 0.29) is 22.3 Å². The van der Waals surface area contributed by atoms with E-state index in [1.807, 2.05) is 0 Å². The lowest BCUT2D eigenvalue weighted by atomic mass is 9.97. The predicted octanol–water partition coefficient (Wildman–Crippen LogP) is 3.12. The number of aromatic carboxylic acids is 1. The summed E-state index contributed by atoms with van der Waals surface area (Å²) in [5.41, 5.74) is -0.133. The van der Waals surface area contributed by atoms with Crippen LogP contribution in [0.2, 0.25) is 0 Å². The fraction of sp³-hybridized carbons (Fsp3) is 0.0667. The first kappa shape index (κ1) is 14.6. The molecule has 0 amide bonds. The Bertz CT molecular complexity index is 726. The van der Waals surface area contributed by atoms with E-state index >= 15 is 0 Å². The molecule has 0 bridgehead atoms. The first-order valence-corrected chi connectivity index (χ1v) is 5.84. The normalized spacial score (nSPS) is 10.2. The summed E-state index contributed by atoms with van der Waals surface area (Å²) in [6, 6.07) is 6.43. The SMILES string of the molecule is COC(=O)c1cc(F)cc(-c2ccc(F)cc2C(=O)O)c1. The van der Waals surface area contributed by atoms with Crippen LogP contribution < -0.4 is 0 Å².